The highest BCUT2D eigenvalue weighted by Crippen LogP contribution is 2.29. The van der Waals surface area contributed by atoms with Crippen molar-refractivity contribution >= 4 is 11.6 Å². The molecule has 0 spiro atoms. The summed E-state index contributed by atoms with van der Waals surface area (Å²) in [6, 6.07) is 7.08. The molecular formula is C18H21N3O3. The van der Waals surface area contributed by atoms with E-state index in [2.05, 4.69) is 18.5 Å². The second-order valence-electron chi connectivity index (χ2n) is 4.67. The van der Waals surface area contributed by atoms with Gasteiger partial charge in [-0.25, -0.2) is 0 Å². The van der Waals surface area contributed by atoms with Crippen LogP contribution < -0.4 is 14.8 Å². The quantitative estimate of drug-likeness (QED) is 0.429. The summed E-state index contributed by atoms with van der Waals surface area (Å²) in [4.78, 5) is 13.8. The number of amides is 1. The number of carbonyl (C=O) groups excluding carboxylic acids is 1. The molecule has 6 nitrogen and oxygen atoms in total. The van der Waals surface area contributed by atoms with Crippen LogP contribution in [0.3, 0.4) is 0 Å². The standard InChI is InChI=1S/C18H21N3O3/c1-5-9-21(10-6-2)18(22)14(12-19)13-20-16-8-7-15(23-3)11-17(16)24-4/h5-8,11,13,20H,1-2,9-10H2,3-4H3/b14-13-. The van der Waals surface area contributed by atoms with Crippen molar-refractivity contribution in [3.8, 4) is 17.6 Å². The van der Waals surface area contributed by atoms with E-state index >= 15 is 0 Å². The van der Waals surface area contributed by atoms with Gasteiger partial charge in [0, 0.05) is 25.4 Å². The van der Waals surface area contributed by atoms with Gasteiger partial charge < -0.3 is 19.7 Å². The molecule has 0 heterocycles. The van der Waals surface area contributed by atoms with Crippen molar-refractivity contribution in [1.29, 1.82) is 5.26 Å². The second kappa shape index (κ2) is 9.74. The van der Waals surface area contributed by atoms with Crippen LogP contribution in [0, 0.1) is 11.3 Å². The Labute approximate surface area is 142 Å². The van der Waals surface area contributed by atoms with Crippen LogP contribution in [0.2, 0.25) is 0 Å². The van der Waals surface area contributed by atoms with E-state index in [-0.39, 0.29) is 5.57 Å². The summed E-state index contributed by atoms with van der Waals surface area (Å²) in [6.07, 6.45) is 4.54. The van der Waals surface area contributed by atoms with Crippen molar-refractivity contribution in [2.75, 3.05) is 32.6 Å². The first kappa shape index (κ1) is 18.8. The minimum Gasteiger partial charge on any atom is -0.497 e. The third-order valence-electron chi connectivity index (χ3n) is 3.12. The first-order valence-corrected chi connectivity index (χ1v) is 7.21. The summed E-state index contributed by atoms with van der Waals surface area (Å²) in [6.45, 7) is 7.87. The van der Waals surface area contributed by atoms with Gasteiger partial charge in [-0.05, 0) is 12.1 Å². The molecule has 0 aliphatic carbocycles. The molecule has 24 heavy (non-hydrogen) atoms. The predicted molar refractivity (Wildman–Crippen MR) is 93.8 cm³/mol. The maximum atomic E-state index is 12.4. The summed E-state index contributed by atoms with van der Waals surface area (Å²) in [7, 11) is 3.08. The minimum atomic E-state index is -0.405. The summed E-state index contributed by atoms with van der Waals surface area (Å²) in [5.74, 6) is 0.766. The molecule has 1 N–H and O–H groups in total. The van der Waals surface area contributed by atoms with Crippen LogP contribution in [-0.2, 0) is 4.79 Å². The number of nitrogens with zero attached hydrogens (tertiary/aromatic N) is 2. The van der Waals surface area contributed by atoms with Gasteiger partial charge in [-0.15, -0.1) is 13.2 Å². The first-order valence-electron chi connectivity index (χ1n) is 7.21. The van der Waals surface area contributed by atoms with Crippen LogP contribution in [0.15, 0.2) is 55.3 Å². The van der Waals surface area contributed by atoms with E-state index in [9.17, 15) is 10.1 Å². The lowest BCUT2D eigenvalue weighted by Crippen LogP contribution is -2.32. The molecule has 0 bridgehead atoms. The number of carbonyl (C=O) groups is 1. The van der Waals surface area contributed by atoms with Crippen molar-refractivity contribution < 1.29 is 14.3 Å². The highest BCUT2D eigenvalue weighted by Gasteiger charge is 2.16. The number of benzene rings is 1. The summed E-state index contributed by atoms with van der Waals surface area (Å²) in [5, 5.41) is 12.2. The molecule has 1 rings (SSSR count). The van der Waals surface area contributed by atoms with Crippen molar-refractivity contribution in [3.05, 3.63) is 55.3 Å². The molecule has 0 radical (unpaired) electrons. The maximum Gasteiger partial charge on any atom is 0.266 e. The number of hydrogen-bond acceptors (Lipinski definition) is 5. The van der Waals surface area contributed by atoms with Gasteiger partial charge >= 0.3 is 0 Å². The molecule has 0 unspecified atom stereocenters. The lowest BCUT2D eigenvalue weighted by Gasteiger charge is -2.18. The summed E-state index contributed by atoms with van der Waals surface area (Å²) < 4.78 is 10.4. The van der Waals surface area contributed by atoms with E-state index in [1.165, 1.54) is 18.2 Å². The molecule has 0 atom stereocenters. The zero-order valence-electron chi connectivity index (χ0n) is 13.9. The predicted octanol–water partition coefficient (Wildman–Crippen LogP) is 2.72. The number of ether oxygens (including phenoxy) is 2. The van der Waals surface area contributed by atoms with Gasteiger partial charge in [0.15, 0.2) is 0 Å². The molecule has 0 saturated heterocycles. The normalized spacial score (nSPS) is 10.3. The van der Waals surface area contributed by atoms with E-state index < -0.39 is 5.91 Å². The summed E-state index contributed by atoms with van der Waals surface area (Å²) >= 11 is 0. The van der Waals surface area contributed by atoms with E-state index in [0.29, 0.717) is 30.3 Å². The minimum absolute atomic E-state index is 0.0310. The van der Waals surface area contributed by atoms with Gasteiger partial charge in [-0.2, -0.15) is 5.26 Å². The van der Waals surface area contributed by atoms with Crippen LogP contribution in [0.25, 0.3) is 0 Å². The number of nitrogens with one attached hydrogen (secondary N) is 1. The fraction of sp³-hybridized carbons (Fsp3) is 0.222. The van der Waals surface area contributed by atoms with Crippen molar-refractivity contribution in [3.63, 3.8) is 0 Å². The Morgan fingerprint density at radius 3 is 2.46 bits per heavy atom. The van der Waals surface area contributed by atoms with E-state index in [0.717, 1.165) is 0 Å². The smallest absolute Gasteiger partial charge is 0.266 e. The second-order valence-corrected chi connectivity index (χ2v) is 4.67. The number of nitriles is 1. The van der Waals surface area contributed by atoms with Gasteiger partial charge in [-0.1, -0.05) is 12.2 Å². The molecule has 0 aliphatic heterocycles. The molecule has 1 amide bonds. The average Bonchev–Trinajstić information content (AvgIpc) is 2.61. The largest absolute Gasteiger partial charge is 0.497 e. The fourth-order valence-electron chi connectivity index (χ4n) is 1.93. The number of hydrogen-bond donors (Lipinski definition) is 1. The van der Waals surface area contributed by atoms with E-state index in [1.54, 1.807) is 37.5 Å². The van der Waals surface area contributed by atoms with E-state index in [4.69, 9.17) is 9.47 Å². The lowest BCUT2D eigenvalue weighted by molar-refractivity contribution is -0.125. The highest BCUT2D eigenvalue weighted by atomic mass is 16.5. The Morgan fingerprint density at radius 2 is 1.96 bits per heavy atom. The van der Waals surface area contributed by atoms with Gasteiger partial charge in [0.2, 0.25) is 0 Å². The number of anilines is 1. The molecule has 6 heteroatoms. The maximum absolute atomic E-state index is 12.4. The SMILES string of the molecule is C=CCN(CC=C)C(=O)/C(C#N)=C\Nc1ccc(OC)cc1OC. The zero-order valence-corrected chi connectivity index (χ0v) is 13.9. The monoisotopic (exact) mass is 327 g/mol. The lowest BCUT2D eigenvalue weighted by atomic mass is 10.2. The first-order chi connectivity index (χ1) is 11.6. The van der Waals surface area contributed by atoms with Crippen LogP contribution >= 0.6 is 0 Å². The van der Waals surface area contributed by atoms with Crippen molar-refractivity contribution in [2.24, 2.45) is 0 Å². The molecule has 0 saturated carbocycles. The molecular weight excluding hydrogens is 306 g/mol. The van der Waals surface area contributed by atoms with Gasteiger partial charge in [0.05, 0.1) is 19.9 Å². The Kier molecular flexibility index (Phi) is 7.65. The van der Waals surface area contributed by atoms with Crippen LogP contribution in [-0.4, -0.2) is 38.1 Å². The molecule has 0 aliphatic rings. The Hall–Kier alpha value is -3.20. The third kappa shape index (κ3) is 4.92. The third-order valence-corrected chi connectivity index (χ3v) is 3.12. The van der Waals surface area contributed by atoms with Crippen molar-refractivity contribution in [1.82, 2.24) is 4.90 Å². The fourth-order valence-corrected chi connectivity index (χ4v) is 1.93. The number of rotatable bonds is 9. The topological polar surface area (TPSA) is 74.6 Å². The Bertz CT molecular complexity index is 665. The average molecular weight is 327 g/mol. The highest BCUT2D eigenvalue weighted by molar-refractivity contribution is 5.97. The zero-order chi connectivity index (χ0) is 17.9. The van der Waals surface area contributed by atoms with Crippen LogP contribution in [0.4, 0.5) is 5.69 Å². The van der Waals surface area contributed by atoms with Gasteiger partial charge in [0.25, 0.3) is 5.91 Å². The van der Waals surface area contributed by atoms with E-state index in [1.807, 2.05) is 6.07 Å². The summed E-state index contributed by atoms with van der Waals surface area (Å²) in [5.41, 5.74) is 0.578. The van der Waals surface area contributed by atoms with Gasteiger partial charge in [-0.3, -0.25) is 4.79 Å². The van der Waals surface area contributed by atoms with Gasteiger partial charge in [0.1, 0.15) is 23.1 Å². The molecule has 0 aromatic heterocycles. The molecule has 0 fully saturated rings. The Balaban J connectivity index is 3.01. The molecule has 1 aromatic carbocycles. The van der Waals surface area contributed by atoms with Crippen molar-refractivity contribution in [2.45, 2.75) is 0 Å². The Morgan fingerprint density at radius 1 is 1.29 bits per heavy atom. The van der Waals surface area contributed by atoms with Crippen LogP contribution in [0.1, 0.15) is 0 Å². The van der Waals surface area contributed by atoms with Crippen LogP contribution in [0.5, 0.6) is 11.5 Å². The number of methoxy groups -OCH3 is 2. The molecule has 126 valence electrons. The molecule has 1 aromatic rings.